The van der Waals surface area contributed by atoms with Crippen LogP contribution in [0.1, 0.15) is 18.4 Å². The summed E-state index contributed by atoms with van der Waals surface area (Å²) in [7, 11) is 0. The van der Waals surface area contributed by atoms with Crippen LogP contribution in [0.25, 0.3) is 0 Å². The zero-order valence-electron chi connectivity index (χ0n) is 10.8. The number of pyridine rings is 1. The van der Waals surface area contributed by atoms with Gasteiger partial charge >= 0.3 is 0 Å². The van der Waals surface area contributed by atoms with Crippen LogP contribution in [-0.2, 0) is 6.54 Å². The van der Waals surface area contributed by atoms with Crippen molar-refractivity contribution in [2.45, 2.75) is 35.3 Å². The van der Waals surface area contributed by atoms with Crippen LogP contribution < -0.4 is 5.32 Å². The summed E-state index contributed by atoms with van der Waals surface area (Å²) in [5, 5.41) is 4.22. The molecule has 0 spiro atoms. The Morgan fingerprint density at radius 1 is 1.30 bits per heavy atom. The summed E-state index contributed by atoms with van der Waals surface area (Å²) in [4.78, 5) is 5.24. The molecule has 0 unspecified atom stereocenters. The summed E-state index contributed by atoms with van der Waals surface area (Å²) in [6.07, 6.45) is 4.14. The first-order chi connectivity index (χ1) is 9.74. The Hall–Kier alpha value is -0.910. The zero-order valence-corrected chi connectivity index (χ0v) is 13.2. The number of halogens is 2. The van der Waals surface area contributed by atoms with Crippen LogP contribution in [0.15, 0.2) is 50.9 Å². The average Bonchev–Trinajstić information content (AvgIpc) is 3.25. The van der Waals surface area contributed by atoms with Gasteiger partial charge < -0.3 is 5.32 Å². The molecular weight excluding hydrogens is 339 g/mol. The summed E-state index contributed by atoms with van der Waals surface area (Å²) >= 11 is 4.97. The molecule has 2 aromatic rings. The fourth-order valence-corrected chi connectivity index (χ4v) is 3.32. The minimum absolute atomic E-state index is 0.157. The van der Waals surface area contributed by atoms with E-state index in [1.54, 1.807) is 12.3 Å². The SMILES string of the molecule is Fc1cccc(Sc2ncccc2Br)c1CNC1CC1. The van der Waals surface area contributed by atoms with Crippen molar-refractivity contribution < 1.29 is 4.39 Å². The molecule has 0 aliphatic heterocycles. The largest absolute Gasteiger partial charge is 0.310 e. The van der Waals surface area contributed by atoms with Crippen LogP contribution in [0.3, 0.4) is 0 Å². The van der Waals surface area contributed by atoms with Crippen molar-refractivity contribution in [3.8, 4) is 0 Å². The number of nitrogens with zero attached hydrogens (tertiary/aromatic N) is 1. The second-order valence-corrected chi connectivity index (χ2v) is 6.65. The topological polar surface area (TPSA) is 24.9 Å². The molecule has 3 rings (SSSR count). The molecule has 0 saturated heterocycles. The summed E-state index contributed by atoms with van der Waals surface area (Å²) in [6.45, 7) is 0.574. The van der Waals surface area contributed by atoms with E-state index in [9.17, 15) is 4.39 Å². The maximum atomic E-state index is 14.0. The van der Waals surface area contributed by atoms with Gasteiger partial charge in [-0.2, -0.15) is 0 Å². The van der Waals surface area contributed by atoms with Gasteiger partial charge in [0.25, 0.3) is 0 Å². The zero-order chi connectivity index (χ0) is 13.9. The predicted octanol–water partition coefficient (Wildman–Crippen LogP) is 4.39. The predicted molar refractivity (Wildman–Crippen MR) is 82.3 cm³/mol. The third kappa shape index (κ3) is 3.40. The first kappa shape index (κ1) is 14.0. The highest BCUT2D eigenvalue weighted by molar-refractivity contribution is 9.10. The van der Waals surface area contributed by atoms with E-state index in [4.69, 9.17) is 0 Å². The lowest BCUT2D eigenvalue weighted by Crippen LogP contribution is -2.16. The Kier molecular flexibility index (Phi) is 4.38. The van der Waals surface area contributed by atoms with Crippen LogP contribution in [-0.4, -0.2) is 11.0 Å². The number of aromatic nitrogens is 1. The molecule has 0 atom stereocenters. The van der Waals surface area contributed by atoms with Crippen molar-refractivity contribution in [2.75, 3.05) is 0 Å². The Bertz CT molecular complexity index is 617. The van der Waals surface area contributed by atoms with Crippen molar-refractivity contribution in [3.05, 3.63) is 52.4 Å². The highest BCUT2D eigenvalue weighted by atomic mass is 79.9. The van der Waals surface area contributed by atoms with Crippen molar-refractivity contribution in [2.24, 2.45) is 0 Å². The first-order valence-corrected chi connectivity index (χ1v) is 8.14. The molecule has 1 aliphatic rings. The molecule has 1 aromatic heterocycles. The number of hydrogen-bond acceptors (Lipinski definition) is 3. The number of rotatable bonds is 5. The monoisotopic (exact) mass is 352 g/mol. The van der Waals surface area contributed by atoms with Crippen molar-refractivity contribution in [3.63, 3.8) is 0 Å². The molecule has 0 bridgehead atoms. The van der Waals surface area contributed by atoms with Gasteiger partial charge in [-0.25, -0.2) is 9.37 Å². The summed E-state index contributed by atoms with van der Waals surface area (Å²) < 4.78 is 15.0. The lowest BCUT2D eigenvalue weighted by atomic mass is 10.2. The van der Waals surface area contributed by atoms with Crippen molar-refractivity contribution in [1.82, 2.24) is 10.3 Å². The molecule has 1 heterocycles. The lowest BCUT2D eigenvalue weighted by molar-refractivity contribution is 0.579. The maximum Gasteiger partial charge on any atom is 0.128 e. The molecule has 1 fully saturated rings. The van der Waals surface area contributed by atoms with E-state index >= 15 is 0 Å². The minimum Gasteiger partial charge on any atom is -0.310 e. The quantitative estimate of drug-likeness (QED) is 0.863. The Morgan fingerprint density at radius 2 is 2.15 bits per heavy atom. The van der Waals surface area contributed by atoms with Gasteiger partial charge in [0.05, 0.1) is 4.47 Å². The molecule has 1 aromatic carbocycles. The molecule has 20 heavy (non-hydrogen) atoms. The van der Waals surface area contributed by atoms with E-state index in [1.807, 2.05) is 18.2 Å². The highest BCUT2D eigenvalue weighted by Crippen LogP contribution is 2.34. The molecule has 1 saturated carbocycles. The normalized spacial score (nSPS) is 14.5. The van der Waals surface area contributed by atoms with Crippen molar-refractivity contribution in [1.29, 1.82) is 0 Å². The van der Waals surface area contributed by atoms with E-state index < -0.39 is 0 Å². The van der Waals surface area contributed by atoms with Crippen LogP contribution >= 0.6 is 27.7 Å². The highest BCUT2D eigenvalue weighted by Gasteiger charge is 2.21. The fourth-order valence-electron chi connectivity index (χ4n) is 1.89. The van der Waals surface area contributed by atoms with Gasteiger partial charge in [0, 0.05) is 29.2 Å². The average molecular weight is 353 g/mol. The molecule has 104 valence electrons. The Morgan fingerprint density at radius 3 is 2.90 bits per heavy atom. The van der Waals surface area contributed by atoms with Crippen LogP contribution in [0.4, 0.5) is 4.39 Å². The summed E-state index contributed by atoms with van der Waals surface area (Å²) in [6, 6.07) is 9.58. The van der Waals surface area contributed by atoms with Gasteiger partial charge in [-0.3, -0.25) is 0 Å². The standard InChI is InChI=1S/C15H14BrFN2S/c16-12-3-2-8-18-15(12)20-14-5-1-4-13(17)11(14)9-19-10-6-7-10/h1-5,8,10,19H,6-7,9H2. The third-order valence-corrected chi connectivity index (χ3v) is 5.18. The van der Waals surface area contributed by atoms with Gasteiger partial charge in [-0.15, -0.1) is 0 Å². The second-order valence-electron chi connectivity index (χ2n) is 4.76. The van der Waals surface area contributed by atoms with Gasteiger partial charge in [0.15, 0.2) is 0 Å². The molecule has 0 radical (unpaired) electrons. The summed E-state index contributed by atoms with van der Waals surface area (Å²) in [5.41, 5.74) is 0.724. The van der Waals surface area contributed by atoms with E-state index in [2.05, 4.69) is 26.2 Å². The molecule has 0 amide bonds. The number of hydrogen-bond donors (Lipinski definition) is 1. The van der Waals surface area contributed by atoms with Crippen molar-refractivity contribution >= 4 is 27.7 Å². The van der Waals surface area contributed by atoms with Gasteiger partial charge in [0.1, 0.15) is 10.8 Å². The van der Waals surface area contributed by atoms with Crippen LogP contribution in [0.5, 0.6) is 0 Å². The van der Waals surface area contributed by atoms with Crippen LogP contribution in [0.2, 0.25) is 0 Å². The maximum absolute atomic E-state index is 14.0. The van der Waals surface area contributed by atoms with Crippen LogP contribution in [0, 0.1) is 5.82 Å². The Labute approximate surface area is 130 Å². The van der Waals surface area contributed by atoms with E-state index in [0.717, 1.165) is 20.0 Å². The molecule has 5 heteroatoms. The van der Waals surface area contributed by atoms with E-state index in [0.29, 0.717) is 12.6 Å². The number of nitrogens with one attached hydrogen (secondary N) is 1. The van der Waals surface area contributed by atoms with Gasteiger partial charge in [-0.1, -0.05) is 17.8 Å². The Balaban J connectivity index is 1.84. The van der Waals surface area contributed by atoms with E-state index in [-0.39, 0.29) is 5.82 Å². The molecule has 2 nitrogen and oxygen atoms in total. The molecule has 1 aliphatic carbocycles. The van der Waals surface area contributed by atoms with E-state index in [1.165, 1.54) is 30.7 Å². The van der Waals surface area contributed by atoms with Gasteiger partial charge in [0.2, 0.25) is 0 Å². The smallest absolute Gasteiger partial charge is 0.128 e. The third-order valence-electron chi connectivity index (χ3n) is 3.15. The van der Waals surface area contributed by atoms with Gasteiger partial charge in [-0.05, 0) is 53.0 Å². The number of benzene rings is 1. The lowest BCUT2D eigenvalue weighted by Gasteiger charge is -2.11. The molecule has 1 N–H and O–H groups in total. The fraction of sp³-hybridized carbons (Fsp3) is 0.267. The second kappa shape index (κ2) is 6.24. The summed E-state index contributed by atoms with van der Waals surface area (Å²) in [5.74, 6) is -0.157. The minimum atomic E-state index is -0.157. The molecular formula is C15H14BrFN2S. The first-order valence-electron chi connectivity index (χ1n) is 6.53.